The first-order valence-corrected chi connectivity index (χ1v) is 11.4. The lowest BCUT2D eigenvalue weighted by molar-refractivity contribution is -0.166. The summed E-state index contributed by atoms with van der Waals surface area (Å²) in [6.07, 6.45) is 2.31. The Morgan fingerprint density at radius 3 is 2.03 bits per heavy atom. The minimum Gasteiger partial charge on any atom is -0.444 e. The van der Waals surface area contributed by atoms with Crippen LogP contribution < -0.4 is 0 Å². The molecule has 1 aliphatic heterocycles. The third-order valence-electron chi connectivity index (χ3n) is 7.10. The number of hydrogen-bond acceptors (Lipinski definition) is 4. The van der Waals surface area contributed by atoms with Crippen LogP contribution in [0.4, 0.5) is 4.79 Å². The molecule has 0 atom stereocenters. The molecule has 1 amide bonds. The van der Waals surface area contributed by atoms with Crippen molar-refractivity contribution >= 4 is 17.7 Å². The van der Waals surface area contributed by atoms with Gasteiger partial charge in [-0.3, -0.25) is 9.59 Å². The number of carbonyl (C=O) groups is 3. The molecular formula is C27H33NO4. The lowest BCUT2D eigenvalue weighted by Crippen LogP contribution is -2.68. The third kappa shape index (κ3) is 3.96. The summed E-state index contributed by atoms with van der Waals surface area (Å²) in [6.45, 7) is 12.6. The van der Waals surface area contributed by atoms with Crippen molar-refractivity contribution in [1.82, 2.24) is 4.90 Å². The van der Waals surface area contributed by atoms with Crippen LogP contribution in [0.2, 0.25) is 0 Å². The van der Waals surface area contributed by atoms with Crippen LogP contribution in [-0.4, -0.2) is 41.3 Å². The van der Waals surface area contributed by atoms with E-state index in [2.05, 4.69) is 11.8 Å². The van der Waals surface area contributed by atoms with Crippen LogP contribution in [-0.2, 0) is 14.3 Å². The molecule has 2 spiro atoms. The second-order valence-corrected chi connectivity index (χ2v) is 11.3. The largest absolute Gasteiger partial charge is 0.444 e. The first kappa shape index (κ1) is 22.6. The number of rotatable bonds is 1. The highest BCUT2D eigenvalue weighted by atomic mass is 16.6. The van der Waals surface area contributed by atoms with Crippen LogP contribution in [0.15, 0.2) is 12.1 Å². The Labute approximate surface area is 190 Å². The molecule has 3 aliphatic rings. The van der Waals surface area contributed by atoms with E-state index < -0.39 is 11.5 Å². The summed E-state index contributed by atoms with van der Waals surface area (Å²) >= 11 is 0. The first-order chi connectivity index (χ1) is 14.9. The summed E-state index contributed by atoms with van der Waals surface area (Å²) in [7, 11) is 0. The van der Waals surface area contributed by atoms with E-state index in [-0.39, 0.29) is 28.5 Å². The maximum atomic E-state index is 13.2. The monoisotopic (exact) mass is 435 g/mol. The number of hydrogen-bond donors (Lipinski definition) is 0. The molecule has 1 saturated heterocycles. The van der Waals surface area contributed by atoms with Crippen LogP contribution in [0.25, 0.3) is 0 Å². The Morgan fingerprint density at radius 2 is 1.56 bits per heavy atom. The Morgan fingerprint density at radius 1 is 1.03 bits per heavy atom. The van der Waals surface area contributed by atoms with Gasteiger partial charge in [0, 0.05) is 36.9 Å². The fourth-order valence-electron chi connectivity index (χ4n) is 6.39. The van der Waals surface area contributed by atoms with Crippen molar-refractivity contribution in [2.75, 3.05) is 13.1 Å². The maximum Gasteiger partial charge on any atom is 0.410 e. The minimum atomic E-state index is -0.652. The topological polar surface area (TPSA) is 63.7 Å². The highest BCUT2D eigenvalue weighted by Gasteiger charge is 2.63. The maximum absolute atomic E-state index is 13.2. The van der Waals surface area contributed by atoms with Crippen molar-refractivity contribution in [2.45, 2.75) is 78.7 Å². The predicted octanol–water partition coefficient (Wildman–Crippen LogP) is 4.71. The lowest BCUT2D eigenvalue weighted by atomic mass is 9.45. The Kier molecular flexibility index (Phi) is 5.27. The average molecular weight is 436 g/mol. The molecule has 170 valence electrons. The molecule has 1 aromatic rings. The minimum absolute atomic E-state index is 0.0416. The lowest BCUT2D eigenvalue weighted by Gasteiger charge is -2.65. The zero-order chi connectivity index (χ0) is 23.5. The highest BCUT2D eigenvalue weighted by molar-refractivity contribution is 6.10. The van der Waals surface area contributed by atoms with Crippen LogP contribution in [0, 0.1) is 36.5 Å². The second kappa shape index (κ2) is 7.47. The van der Waals surface area contributed by atoms with Gasteiger partial charge in [-0.1, -0.05) is 5.92 Å². The fraction of sp³-hybridized carbons (Fsp3) is 0.593. The van der Waals surface area contributed by atoms with E-state index >= 15 is 0 Å². The summed E-state index contributed by atoms with van der Waals surface area (Å²) in [5.41, 5.74) is 3.03. The van der Waals surface area contributed by atoms with Crippen LogP contribution in [0.3, 0.4) is 0 Å². The van der Waals surface area contributed by atoms with Gasteiger partial charge in [0.05, 0.1) is 0 Å². The summed E-state index contributed by atoms with van der Waals surface area (Å²) in [4.78, 5) is 40.5. The Hall–Kier alpha value is -2.61. The second-order valence-electron chi connectivity index (χ2n) is 11.3. The smallest absolute Gasteiger partial charge is 0.410 e. The van der Waals surface area contributed by atoms with Gasteiger partial charge < -0.3 is 9.64 Å². The number of benzene rings is 1. The molecule has 3 fully saturated rings. The molecule has 1 heterocycles. The van der Waals surface area contributed by atoms with Crippen molar-refractivity contribution in [3.05, 3.63) is 34.4 Å². The van der Waals surface area contributed by atoms with Crippen LogP contribution in [0.5, 0.6) is 0 Å². The van der Waals surface area contributed by atoms with Crippen LogP contribution >= 0.6 is 0 Å². The molecule has 0 N–H and O–H groups in total. The quantitative estimate of drug-likeness (QED) is 0.473. The molecule has 1 aromatic carbocycles. The molecular weight excluding hydrogens is 402 g/mol. The Bertz CT molecular complexity index is 1010. The number of ether oxygens (including phenoxy) is 1. The predicted molar refractivity (Wildman–Crippen MR) is 122 cm³/mol. The van der Waals surface area contributed by atoms with E-state index in [0.717, 1.165) is 35.1 Å². The molecule has 4 rings (SSSR count). The average Bonchev–Trinajstić information content (AvgIpc) is 2.57. The number of ketones is 2. The van der Waals surface area contributed by atoms with E-state index in [4.69, 9.17) is 4.74 Å². The summed E-state index contributed by atoms with van der Waals surface area (Å²) in [6, 6.07) is 3.95. The number of carbonyl (C=O) groups excluding carboxylic acids is 3. The van der Waals surface area contributed by atoms with Gasteiger partial charge in [0.15, 0.2) is 0 Å². The van der Waals surface area contributed by atoms with Gasteiger partial charge in [-0.2, -0.15) is 0 Å². The molecule has 0 aromatic heterocycles. The van der Waals surface area contributed by atoms with E-state index in [1.165, 1.54) is 0 Å². The summed E-state index contributed by atoms with van der Waals surface area (Å²) in [5, 5.41) is 0. The number of aryl methyl sites for hydroxylation is 2. The highest BCUT2D eigenvalue weighted by Crippen LogP contribution is 2.64. The summed E-state index contributed by atoms with van der Waals surface area (Å²) < 4.78 is 5.45. The van der Waals surface area contributed by atoms with E-state index in [9.17, 15) is 14.4 Å². The van der Waals surface area contributed by atoms with Gasteiger partial charge in [0.25, 0.3) is 0 Å². The van der Waals surface area contributed by atoms with E-state index in [0.29, 0.717) is 25.9 Å². The van der Waals surface area contributed by atoms with E-state index in [1.807, 2.05) is 46.8 Å². The van der Waals surface area contributed by atoms with Gasteiger partial charge in [0.2, 0.25) is 0 Å². The zero-order valence-corrected chi connectivity index (χ0v) is 20.1. The van der Waals surface area contributed by atoms with Gasteiger partial charge in [-0.15, -0.1) is 5.92 Å². The van der Waals surface area contributed by atoms with Crippen molar-refractivity contribution in [1.29, 1.82) is 0 Å². The van der Waals surface area contributed by atoms with Gasteiger partial charge in [-0.25, -0.2) is 4.79 Å². The van der Waals surface area contributed by atoms with Crippen molar-refractivity contribution in [2.24, 2.45) is 10.8 Å². The zero-order valence-electron chi connectivity index (χ0n) is 20.1. The molecule has 0 radical (unpaired) electrons. The van der Waals surface area contributed by atoms with Crippen LogP contribution in [0.1, 0.15) is 81.5 Å². The van der Waals surface area contributed by atoms with Gasteiger partial charge in [0.1, 0.15) is 23.1 Å². The molecule has 5 nitrogen and oxygen atoms in total. The number of nitrogens with zero attached hydrogens (tertiary/aromatic N) is 1. The third-order valence-corrected chi connectivity index (χ3v) is 7.10. The van der Waals surface area contributed by atoms with Crippen molar-refractivity contribution in [3.63, 3.8) is 0 Å². The molecule has 2 saturated carbocycles. The van der Waals surface area contributed by atoms with Gasteiger partial charge in [-0.05, 0) is 88.6 Å². The van der Waals surface area contributed by atoms with Crippen molar-refractivity contribution in [3.8, 4) is 11.8 Å². The SMILES string of the molecule is CC#Cc1cc(C)c(C2C(=O)CC3(CC2=O)CC2(CN(C(=O)OC(C)(C)C)C2)C3)c(C)c1. The summed E-state index contributed by atoms with van der Waals surface area (Å²) in [5.74, 6) is 5.40. The Balaban J connectivity index is 1.42. The molecule has 32 heavy (non-hydrogen) atoms. The standard InChI is InChI=1S/C27H33NO4/c1-7-8-19-9-17(2)22(18(3)10-19)23-20(29)11-26(12-21(23)30)13-27(14-26)15-28(16-27)24(31)32-25(4,5)6/h9-10,23H,11-16H2,1-6H3. The van der Waals surface area contributed by atoms with Gasteiger partial charge >= 0.3 is 6.09 Å². The van der Waals surface area contributed by atoms with E-state index in [1.54, 1.807) is 11.8 Å². The first-order valence-electron chi connectivity index (χ1n) is 11.4. The van der Waals surface area contributed by atoms with Crippen molar-refractivity contribution < 1.29 is 19.1 Å². The number of amides is 1. The molecule has 5 heteroatoms. The normalized spacial score (nSPS) is 21.6. The fourth-order valence-corrected chi connectivity index (χ4v) is 6.39. The molecule has 0 unspecified atom stereocenters. The number of Topliss-reactive ketones (excluding diaryl/α,β-unsaturated/α-hetero) is 2. The number of likely N-dealkylation sites (tertiary alicyclic amines) is 1. The molecule has 2 aliphatic carbocycles. The molecule has 0 bridgehead atoms.